The maximum absolute atomic E-state index is 12.5. The fourth-order valence-electron chi connectivity index (χ4n) is 2.31. The van der Waals surface area contributed by atoms with Crippen molar-refractivity contribution in [3.8, 4) is 5.75 Å². The first-order valence-electron chi connectivity index (χ1n) is 8.58. The summed E-state index contributed by atoms with van der Waals surface area (Å²) in [5, 5.41) is 13.1. The van der Waals surface area contributed by atoms with Gasteiger partial charge in [0.05, 0.1) is 5.56 Å². The summed E-state index contributed by atoms with van der Waals surface area (Å²) >= 11 is 0. The first-order chi connectivity index (χ1) is 12.2. The van der Waals surface area contributed by atoms with Gasteiger partial charge in [0.15, 0.2) is 5.78 Å². The molecule has 0 radical (unpaired) electrons. The summed E-state index contributed by atoms with van der Waals surface area (Å²) < 4.78 is 5.66. The molecule has 4 nitrogen and oxygen atoms in total. The average molecular weight is 339 g/mol. The van der Waals surface area contributed by atoms with E-state index < -0.39 is 6.10 Å². The molecule has 0 amide bonds. The van der Waals surface area contributed by atoms with Crippen LogP contribution in [0.4, 0.5) is 0 Å². The third-order valence-corrected chi connectivity index (χ3v) is 3.62. The summed E-state index contributed by atoms with van der Waals surface area (Å²) in [5.74, 6) is 0.359. The summed E-state index contributed by atoms with van der Waals surface area (Å²) in [6.07, 6.45) is 3.72. The van der Waals surface area contributed by atoms with Crippen LogP contribution >= 0.6 is 0 Å². The minimum absolute atomic E-state index is 0.127. The number of nitrogens with one attached hydrogen (secondary N) is 1. The van der Waals surface area contributed by atoms with Gasteiger partial charge in [0.25, 0.3) is 0 Å². The van der Waals surface area contributed by atoms with E-state index in [2.05, 4.69) is 12.2 Å². The number of ketones is 1. The number of ether oxygens (including phenoxy) is 1. The molecule has 0 fully saturated rings. The predicted molar refractivity (Wildman–Crippen MR) is 101 cm³/mol. The quantitative estimate of drug-likeness (QED) is 0.396. The Hall–Kier alpha value is -2.43. The lowest BCUT2D eigenvalue weighted by Crippen LogP contribution is -2.32. The second-order valence-corrected chi connectivity index (χ2v) is 5.77. The molecular formula is C21H25NO3. The molecule has 0 aliphatic rings. The van der Waals surface area contributed by atoms with Crippen molar-refractivity contribution in [3.05, 3.63) is 71.8 Å². The monoisotopic (exact) mass is 339 g/mol. The molecule has 2 rings (SSSR count). The smallest absolute Gasteiger partial charge is 0.189 e. The lowest BCUT2D eigenvalue weighted by Gasteiger charge is -2.14. The summed E-state index contributed by atoms with van der Waals surface area (Å²) in [6, 6.07) is 16.7. The molecule has 0 saturated carbocycles. The van der Waals surface area contributed by atoms with Gasteiger partial charge in [0, 0.05) is 6.54 Å². The van der Waals surface area contributed by atoms with Crippen molar-refractivity contribution in [2.45, 2.75) is 19.4 Å². The van der Waals surface area contributed by atoms with E-state index >= 15 is 0 Å². The summed E-state index contributed by atoms with van der Waals surface area (Å²) in [4.78, 5) is 12.5. The van der Waals surface area contributed by atoms with Crippen LogP contribution in [0, 0.1) is 0 Å². The van der Waals surface area contributed by atoms with Crippen molar-refractivity contribution < 1.29 is 14.6 Å². The van der Waals surface area contributed by atoms with E-state index in [9.17, 15) is 9.90 Å². The summed E-state index contributed by atoms with van der Waals surface area (Å²) in [5.41, 5.74) is 1.45. The Morgan fingerprint density at radius 1 is 1.16 bits per heavy atom. The van der Waals surface area contributed by atoms with Crippen molar-refractivity contribution >= 4 is 11.9 Å². The Balaban J connectivity index is 1.97. The van der Waals surface area contributed by atoms with Gasteiger partial charge in [-0.3, -0.25) is 4.79 Å². The van der Waals surface area contributed by atoms with Crippen molar-refractivity contribution in [2.75, 3.05) is 19.7 Å². The molecule has 4 heteroatoms. The van der Waals surface area contributed by atoms with Crippen LogP contribution < -0.4 is 10.1 Å². The maximum atomic E-state index is 12.5. The van der Waals surface area contributed by atoms with Crippen LogP contribution in [-0.4, -0.2) is 36.7 Å². The number of aliphatic hydroxyl groups excluding tert-OH is 1. The molecule has 1 unspecified atom stereocenters. The average Bonchev–Trinajstić information content (AvgIpc) is 2.66. The van der Waals surface area contributed by atoms with E-state index in [0.717, 1.165) is 18.5 Å². The zero-order chi connectivity index (χ0) is 17.9. The normalized spacial score (nSPS) is 12.2. The highest BCUT2D eigenvalue weighted by Crippen LogP contribution is 2.19. The second-order valence-electron chi connectivity index (χ2n) is 5.77. The van der Waals surface area contributed by atoms with Gasteiger partial charge >= 0.3 is 0 Å². The lowest BCUT2D eigenvalue weighted by atomic mass is 10.1. The number of para-hydroxylation sites is 1. The van der Waals surface area contributed by atoms with Crippen LogP contribution in [0.15, 0.2) is 60.7 Å². The topological polar surface area (TPSA) is 58.6 Å². The number of rotatable bonds is 10. The number of hydrogen-bond donors (Lipinski definition) is 2. The summed E-state index contributed by atoms with van der Waals surface area (Å²) in [6.45, 7) is 3.54. The standard InChI is InChI=1S/C21H25NO3/c1-2-14-22-15-18(23)16-25-21-11-7-6-10-19(21)20(24)13-12-17-8-4-3-5-9-17/h3-13,18,22-23H,2,14-16H2,1H3. The van der Waals surface area contributed by atoms with E-state index in [-0.39, 0.29) is 12.4 Å². The number of allylic oxidation sites excluding steroid dienone is 1. The molecule has 25 heavy (non-hydrogen) atoms. The fraction of sp³-hybridized carbons (Fsp3) is 0.286. The molecule has 2 aromatic rings. The van der Waals surface area contributed by atoms with Crippen molar-refractivity contribution in [1.29, 1.82) is 0 Å². The zero-order valence-electron chi connectivity index (χ0n) is 14.5. The molecule has 2 aromatic carbocycles. The number of carbonyl (C=O) groups excluding carboxylic acids is 1. The Labute approximate surface area is 149 Å². The minimum Gasteiger partial charge on any atom is -0.490 e. The number of aliphatic hydroxyl groups is 1. The van der Waals surface area contributed by atoms with Crippen LogP contribution in [0.3, 0.4) is 0 Å². The highest BCUT2D eigenvalue weighted by atomic mass is 16.5. The molecule has 0 saturated heterocycles. The van der Waals surface area contributed by atoms with Crippen molar-refractivity contribution in [2.24, 2.45) is 0 Å². The van der Waals surface area contributed by atoms with Crippen molar-refractivity contribution in [3.63, 3.8) is 0 Å². The first kappa shape index (κ1) is 18.9. The van der Waals surface area contributed by atoms with E-state index in [0.29, 0.717) is 17.9 Å². The Morgan fingerprint density at radius 3 is 2.64 bits per heavy atom. The molecule has 2 N–H and O–H groups in total. The van der Waals surface area contributed by atoms with Crippen LogP contribution in [-0.2, 0) is 0 Å². The maximum Gasteiger partial charge on any atom is 0.189 e. The Kier molecular flexibility index (Phi) is 7.89. The molecule has 0 aliphatic heterocycles. The fourth-order valence-corrected chi connectivity index (χ4v) is 2.31. The largest absolute Gasteiger partial charge is 0.490 e. The van der Waals surface area contributed by atoms with Crippen LogP contribution in [0.5, 0.6) is 5.75 Å². The number of carbonyl (C=O) groups is 1. The number of benzene rings is 2. The highest BCUT2D eigenvalue weighted by molar-refractivity contribution is 6.08. The Bertz CT molecular complexity index is 683. The molecule has 0 aromatic heterocycles. The van der Waals surface area contributed by atoms with Gasteiger partial charge < -0.3 is 15.2 Å². The predicted octanol–water partition coefficient (Wildman–Crippen LogP) is 3.32. The second kappa shape index (κ2) is 10.4. The molecule has 132 valence electrons. The van der Waals surface area contributed by atoms with Gasteiger partial charge in [-0.2, -0.15) is 0 Å². The highest BCUT2D eigenvalue weighted by Gasteiger charge is 2.11. The van der Waals surface area contributed by atoms with Gasteiger partial charge in [-0.05, 0) is 36.7 Å². The van der Waals surface area contributed by atoms with Gasteiger partial charge in [0.2, 0.25) is 0 Å². The van der Waals surface area contributed by atoms with Crippen molar-refractivity contribution in [1.82, 2.24) is 5.32 Å². The van der Waals surface area contributed by atoms with E-state index in [1.54, 1.807) is 24.3 Å². The third-order valence-electron chi connectivity index (χ3n) is 3.62. The summed E-state index contributed by atoms with van der Waals surface area (Å²) in [7, 11) is 0. The molecule has 0 aliphatic carbocycles. The third kappa shape index (κ3) is 6.53. The SMILES string of the molecule is CCCNCC(O)COc1ccccc1C(=O)C=Cc1ccccc1. The van der Waals surface area contributed by atoms with Gasteiger partial charge in [-0.25, -0.2) is 0 Å². The van der Waals surface area contributed by atoms with E-state index in [1.807, 2.05) is 36.4 Å². The van der Waals surface area contributed by atoms with Crippen LogP contribution in [0.25, 0.3) is 6.08 Å². The van der Waals surface area contributed by atoms with E-state index in [1.165, 1.54) is 6.08 Å². The zero-order valence-corrected chi connectivity index (χ0v) is 14.5. The minimum atomic E-state index is -0.616. The van der Waals surface area contributed by atoms with Gasteiger partial charge in [-0.1, -0.05) is 55.5 Å². The first-order valence-corrected chi connectivity index (χ1v) is 8.58. The van der Waals surface area contributed by atoms with Crippen LogP contribution in [0.2, 0.25) is 0 Å². The molecule has 1 atom stereocenters. The molecular weight excluding hydrogens is 314 g/mol. The van der Waals surface area contributed by atoms with E-state index in [4.69, 9.17) is 4.74 Å². The molecule has 0 spiro atoms. The number of hydrogen-bond acceptors (Lipinski definition) is 4. The van der Waals surface area contributed by atoms with Gasteiger partial charge in [0.1, 0.15) is 18.5 Å². The molecule has 0 bridgehead atoms. The van der Waals surface area contributed by atoms with Gasteiger partial charge in [-0.15, -0.1) is 0 Å². The Morgan fingerprint density at radius 2 is 1.88 bits per heavy atom. The molecule has 0 heterocycles. The van der Waals surface area contributed by atoms with Crippen LogP contribution in [0.1, 0.15) is 29.3 Å². The lowest BCUT2D eigenvalue weighted by molar-refractivity contribution is 0.0995.